The number of guanidine groups is 1. The van der Waals surface area contributed by atoms with Crippen LogP contribution in [-0.4, -0.2) is 63.6 Å². The van der Waals surface area contributed by atoms with Crippen molar-refractivity contribution in [3.63, 3.8) is 0 Å². The SMILES string of the molecule is CN=C(NCCCOC1CCOC1)NCc1ccc(N2CCCC2)nc1.I. The van der Waals surface area contributed by atoms with E-state index in [-0.39, 0.29) is 30.1 Å². The summed E-state index contributed by atoms with van der Waals surface area (Å²) in [6.45, 7) is 6.11. The number of nitrogens with one attached hydrogen (secondary N) is 2. The first-order valence-electron chi connectivity index (χ1n) is 9.69. The minimum atomic E-state index is 0. The van der Waals surface area contributed by atoms with Crippen molar-refractivity contribution in [1.82, 2.24) is 15.6 Å². The van der Waals surface area contributed by atoms with E-state index in [0.29, 0.717) is 6.54 Å². The molecule has 0 spiro atoms. The van der Waals surface area contributed by atoms with Crippen molar-refractivity contribution >= 4 is 35.8 Å². The first-order chi connectivity index (χ1) is 12.8. The molecule has 7 nitrogen and oxygen atoms in total. The highest BCUT2D eigenvalue weighted by Gasteiger charge is 2.15. The van der Waals surface area contributed by atoms with Gasteiger partial charge in [0.05, 0.1) is 12.7 Å². The topological polar surface area (TPSA) is 71.0 Å². The standard InChI is InChI=1S/C19H31N5O2.HI/c1-20-19(21-8-4-11-26-17-7-12-25-15-17)23-14-16-5-6-18(22-13-16)24-9-2-3-10-24;/h5-6,13,17H,2-4,7-12,14-15H2,1H3,(H2,20,21,23);1H. The lowest BCUT2D eigenvalue weighted by molar-refractivity contribution is 0.0420. The fraction of sp³-hybridized carbons (Fsp3) is 0.684. The Labute approximate surface area is 179 Å². The van der Waals surface area contributed by atoms with Gasteiger partial charge in [0.15, 0.2) is 5.96 Å². The van der Waals surface area contributed by atoms with Crippen LogP contribution in [0.2, 0.25) is 0 Å². The molecule has 1 aromatic heterocycles. The summed E-state index contributed by atoms with van der Waals surface area (Å²) in [7, 11) is 1.79. The first-order valence-corrected chi connectivity index (χ1v) is 9.69. The van der Waals surface area contributed by atoms with Gasteiger partial charge in [-0.1, -0.05) is 6.07 Å². The van der Waals surface area contributed by atoms with E-state index in [4.69, 9.17) is 9.47 Å². The van der Waals surface area contributed by atoms with Crippen molar-refractivity contribution in [2.45, 2.75) is 38.3 Å². The van der Waals surface area contributed by atoms with Crippen molar-refractivity contribution < 1.29 is 9.47 Å². The lowest BCUT2D eigenvalue weighted by Crippen LogP contribution is -2.37. The quantitative estimate of drug-likeness (QED) is 0.253. The van der Waals surface area contributed by atoms with Gasteiger partial charge in [0.25, 0.3) is 0 Å². The van der Waals surface area contributed by atoms with Crippen molar-refractivity contribution in [3.05, 3.63) is 23.9 Å². The monoisotopic (exact) mass is 489 g/mol. The number of ether oxygens (including phenoxy) is 2. The van der Waals surface area contributed by atoms with Gasteiger partial charge in [0.1, 0.15) is 5.82 Å². The van der Waals surface area contributed by atoms with Crippen molar-refractivity contribution in [2.24, 2.45) is 4.99 Å². The molecule has 0 saturated carbocycles. The number of halogens is 1. The Morgan fingerprint density at radius 1 is 1.33 bits per heavy atom. The maximum atomic E-state index is 5.76. The number of hydrogen-bond acceptors (Lipinski definition) is 5. The summed E-state index contributed by atoms with van der Waals surface area (Å²) in [4.78, 5) is 11.2. The maximum Gasteiger partial charge on any atom is 0.191 e. The van der Waals surface area contributed by atoms with Crippen LogP contribution in [0.15, 0.2) is 23.3 Å². The molecular formula is C19H32IN5O2. The largest absolute Gasteiger partial charge is 0.379 e. The second-order valence-corrected chi connectivity index (χ2v) is 6.78. The van der Waals surface area contributed by atoms with Crippen LogP contribution >= 0.6 is 24.0 Å². The molecule has 2 aliphatic heterocycles. The highest BCUT2D eigenvalue weighted by Crippen LogP contribution is 2.17. The highest BCUT2D eigenvalue weighted by molar-refractivity contribution is 14.0. The fourth-order valence-corrected chi connectivity index (χ4v) is 3.23. The van der Waals surface area contributed by atoms with Gasteiger partial charge in [0.2, 0.25) is 0 Å². The maximum absolute atomic E-state index is 5.76. The molecule has 2 fully saturated rings. The van der Waals surface area contributed by atoms with Crippen LogP contribution in [0.5, 0.6) is 0 Å². The van der Waals surface area contributed by atoms with Gasteiger partial charge in [-0.2, -0.15) is 0 Å². The molecule has 0 aromatic carbocycles. The zero-order chi connectivity index (χ0) is 18.0. The minimum Gasteiger partial charge on any atom is -0.379 e. The van der Waals surface area contributed by atoms with Crippen LogP contribution in [-0.2, 0) is 16.0 Å². The van der Waals surface area contributed by atoms with E-state index in [1.54, 1.807) is 7.05 Å². The van der Waals surface area contributed by atoms with Gasteiger partial charge in [-0.15, -0.1) is 24.0 Å². The van der Waals surface area contributed by atoms with Crippen LogP contribution in [0.1, 0.15) is 31.2 Å². The van der Waals surface area contributed by atoms with Gasteiger partial charge in [-0.25, -0.2) is 4.98 Å². The van der Waals surface area contributed by atoms with Crippen LogP contribution in [0.4, 0.5) is 5.82 Å². The average Bonchev–Trinajstić information content (AvgIpc) is 3.38. The predicted octanol–water partition coefficient (Wildman–Crippen LogP) is 2.16. The van der Waals surface area contributed by atoms with Crippen molar-refractivity contribution in [2.75, 3.05) is 51.4 Å². The normalized spacial score (nSPS) is 19.8. The van der Waals surface area contributed by atoms with Gasteiger partial charge >= 0.3 is 0 Å². The molecule has 2 aliphatic rings. The molecular weight excluding hydrogens is 457 g/mol. The Morgan fingerprint density at radius 2 is 2.19 bits per heavy atom. The molecule has 3 heterocycles. The Kier molecular flexibility index (Phi) is 10.1. The molecule has 2 saturated heterocycles. The van der Waals surface area contributed by atoms with E-state index < -0.39 is 0 Å². The zero-order valence-corrected chi connectivity index (χ0v) is 18.5. The van der Waals surface area contributed by atoms with Gasteiger partial charge < -0.3 is 25.0 Å². The van der Waals surface area contributed by atoms with E-state index in [1.165, 1.54) is 12.8 Å². The van der Waals surface area contributed by atoms with E-state index in [1.807, 2.05) is 6.20 Å². The Bertz CT molecular complexity index is 558. The summed E-state index contributed by atoms with van der Waals surface area (Å²) < 4.78 is 11.1. The van der Waals surface area contributed by atoms with Crippen molar-refractivity contribution in [3.8, 4) is 0 Å². The van der Waals surface area contributed by atoms with E-state index >= 15 is 0 Å². The molecule has 152 valence electrons. The van der Waals surface area contributed by atoms with Crippen LogP contribution in [0.25, 0.3) is 0 Å². The summed E-state index contributed by atoms with van der Waals surface area (Å²) in [5.74, 6) is 1.89. The molecule has 0 radical (unpaired) electrons. The molecule has 2 N–H and O–H groups in total. The summed E-state index contributed by atoms with van der Waals surface area (Å²) in [5.41, 5.74) is 1.15. The third kappa shape index (κ3) is 7.42. The summed E-state index contributed by atoms with van der Waals surface area (Å²) in [6.07, 6.45) is 6.73. The van der Waals surface area contributed by atoms with Crippen LogP contribution in [0.3, 0.4) is 0 Å². The minimum absolute atomic E-state index is 0. The molecule has 0 aliphatic carbocycles. The third-order valence-corrected chi connectivity index (χ3v) is 4.78. The lowest BCUT2D eigenvalue weighted by atomic mass is 10.3. The summed E-state index contributed by atoms with van der Waals surface area (Å²) >= 11 is 0. The van der Waals surface area contributed by atoms with E-state index in [0.717, 1.165) is 69.6 Å². The average molecular weight is 489 g/mol. The summed E-state index contributed by atoms with van der Waals surface area (Å²) in [6, 6.07) is 4.25. The van der Waals surface area contributed by atoms with Gasteiger partial charge in [-0.05, 0) is 37.3 Å². The van der Waals surface area contributed by atoms with Gasteiger partial charge in [0, 0.05) is 52.6 Å². The van der Waals surface area contributed by atoms with Crippen LogP contribution in [0, 0.1) is 0 Å². The molecule has 27 heavy (non-hydrogen) atoms. The third-order valence-electron chi connectivity index (χ3n) is 4.78. The Morgan fingerprint density at radius 3 is 2.85 bits per heavy atom. The molecule has 1 aromatic rings. The van der Waals surface area contributed by atoms with E-state index in [9.17, 15) is 0 Å². The molecule has 8 heteroatoms. The summed E-state index contributed by atoms with van der Waals surface area (Å²) in [5, 5.41) is 6.65. The molecule has 0 amide bonds. The first kappa shape index (κ1) is 22.2. The Balaban J connectivity index is 0.00000261. The number of hydrogen-bond donors (Lipinski definition) is 2. The molecule has 1 unspecified atom stereocenters. The number of pyridine rings is 1. The molecule has 0 bridgehead atoms. The van der Waals surface area contributed by atoms with E-state index in [2.05, 4.69) is 37.6 Å². The lowest BCUT2D eigenvalue weighted by Gasteiger charge is -2.16. The predicted molar refractivity (Wildman–Crippen MR) is 119 cm³/mol. The second kappa shape index (κ2) is 12.4. The number of aliphatic imine (C=N–C) groups is 1. The number of anilines is 1. The number of rotatable bonds is 8. The molecule has 1 atom stereocenters. The Hall–Kier alpha value is -1.13. The number of nitrogens with zero attached hydrogens (tertiary/aromatic N) is 3. The molecule has 3 rings (SSSR count). The second-order valence-electron chi connectivity index (χ2n) is 6.78. The highest BCUT2D eigenvalue weighted by atomic mass is 127. The zero-order valence-electron chi connectivity index (χ0n) is 16.2. The van der Waals surface area contributed by atoms with Crippen LogP contribution < -0.4 is 15.5 Å². The van der Waals surface area contributed by atoms with Crippen molar-refractivity contribution in [1.29, 1.82) is 0 Å². The smallest absolute Gasteiger partial charge is 0.191 e. The number of aromatic nitrogens is 1. The van der Waals surface area contributed by atoms with Gasteiger partial charge in [-0.3, -0.25) is 4.99 Å². The fourth-order valence-electron chi connectivity index (χ4n) is 3.23.